The van der Waals surface area contributed by atoms with Crippen LogP contribution in [0, 0.1) is 5.92 Å². The highest BCUT2D eigenvalue weighted by atomic mass is 16.1. The number of primary amides is 1. The Hall–Kier alpha value is -2.04. The molecule has 0 spiro atoms. The van der Waals surface area contributed by atoms with Crippen molar-refractivity contribution in [3.8, 4) is 0 Å². The largest absolute Gasteiger partial charge is 0.366 e. The fourth-order valence-corrected chi connectivity index (χ4v) is 3.26. The van der Waals surface area contributed by atoms with E-state index in [0.717, 1.165) is 24.0 Å². The maximum absolute atomic E-state index is 11.1. The molecule has 0 bridgehead atoms. The van der Waals surface area contributed by atoms with Crippen molar-refractivity contribution in [2.24, 2.45) is 16.6 Å². The van der Waals surface area contributed by atoms with Gasteiger partial charge in [-0.2, -0.15) is 0 Å². The molecule has 0 atom stereocenters. The lowest BCUT2D eigenvalue weighted by Gasteiger charge is -2.13. The molecule has 1 aliphatic carbocycles. The molecule has 1 fully saturated rings. The van der Waals surface area contributed by atoms with E-state index in [9.17, 15) is 4.79 Å². The van der Waals surface area contributed by atoms with Gasteiger partial charge in [0.05, 0.1) is 0 Å². The number of nitrogens with two attached hydrogens (primary N) is 1. The molecule has 24 heavy (non-hydrogen) atoms. The van der Waals surface area contributed by atoms with E-state index in [0.29, 0.717) is 12.1 Å². The number of nitrogens with one attached hydrogen (secondary N) is 2. The van der Waals surface area contributed by atoms with Crippen molar-refractivity contribution in [2.75, 3.05) is 13.6 Å². The van der Waals surface area contributed by atoms with Gasteiger partial charge in [-0.15, -0.1) is 0 Å². The molecule has 0 radical (unpaired) electrons. The van der Waals surface area contributed by atoms with Crippen molar-refractivity contribution >= 4 is 11.9 Å². The molecule has 1 saturated carbocycles. The minimum atomic E-state index is -0.399. The molecule has 4 N–H and O–H groups in total. The van der Waals surface area contributed by atoms with Gasteiger partial charge in [-0.1, -0.05) is 50.7 Å². The summed E-state index contributed by atoms with van der Waals surface area (Å²) in [5.41, 5.74) is 6.86. The first-order chi connectivity index (χ1) is 11.7. The van der Waals surface area contributed by atoms with E-state index in [1.807, 2.05) is 12.1 Å². The third-order valence-corrected chi connectivity index (χ3v) is 4.73. The first-order valence-corrected chi connectivity index (χ1v) is 9.02. The van der Waals surface area contributed by atoms with Crippen molar-refractivity contribution in [3.05, 3.63) is 35.4 Å². The van der Waals surface area contributed by atoms with Crippen molar-refractivity contribution in [1.29, 1.82) is 0 Å². The SMILES string of the molecule is CN=C(NCCCCC1CCCC1)NCc1ccc(C(N)=O)cc1. The van der Waals surface area contributed by atoms with Crippen LogP contribution in [0.25, 0.3) is 0 Å². The Morgan fingerprint density at radius 3 is 2.50 bits per heavy atom. The van der Waals surface area contributed by atoms with Gasteiger partial charge in [-0.05, 0) is 30.0 Å². The number of carbonyl (C=O) groups is 1. The molecule has 0 aromatic heterocycles. The molecule has 5 nitrogen and oxygen atoms in total. The van der Waals surface area contributed by atoms with Gasteiger partial charge < -0.3 is 16.4 Å². The van der Waals surface area contributed by atoms with E-state index in [1.165, 1.54) is 44.9 Å². The molecule has 1 aromatic rings. The number of aliphatic imine (C=N–C) groups is 1. The summed E-state index contributed by atoms with van der Waals surface area (Å²) in [6.45, 7) is 1.62. The Morgan fingerprint density at radius 2 is 1.88 bits per heavy atom. The highest BCUT2D eigenvalue weighted by molar-refractivity contribution is 5.92. The minimum absolute atomic E-state index is 0.399. The number of guanidine groups is 1. The summed E-state index contributed by atoms with van der Waals surface area (Å²) in [6.07, 6.45) is 9.59. The molecule has 1 amide bonds. The summed E-state index contributed by atoms with van der Waals surface area (Å²) in [4.78, 5) is 15.3. The predicted octanol–water partition coefficient (Wildman–Crippen LogP) is 2.81. The van der Waals surface area contributed by atoms with Crippen LogP contribution in [0.2, 0.25) is 0 Å². The van der Waals surface area contributed by atoms with Crippen LogP contribution in [0.5, 0.6) is 0 Å². The van der Waals surface area contributed by atoms with Crippen molar-refractivity contribution in [3.63, 3.8) is 0 Å². The second-order valence-corrected chi connectivity index (χ2v) is 6.56. The van der Waals surface area contributed by atoms with E-state index in [4.69, 9.17) is 5.73 Å². The number of unbranched alkanes of at least 4 members (excludes halogenated alkanes) is 1. The molecule has 0 heterocycles. The number of benzene rings is 1. The average molecular weight is 330 g/mol. The van der Waals surface area contributed by atoms with Crippen molar-refractivity contribution in [2.45, 2.75) is 51.5 Å². The third kappa shape index (κ3) is 6.22. The van der Waals surface area contributed by atoms with Gasteiger partial charge in [0.25, 0.3) is 0 Å². The van der Waals surface area contributed by atoms with Gasteiger partial charge in [0.1, 0.15) is 0 Å². The molecular weight excluding hydrogens is 300 g/mol. The van der Waals surface area contributed by atoms with Gasteiger partial charge in [0.15, 0.2) is 5.96 Å². The fraction of sp³-hybridized carbons (Fsp3) is 0.579. The summed E-state index contributed by atoms with van der Waals surface area (Å²) in [5.74, 6) is 1.39. The standard InChI is InChI=1S/C19H30N4O/c1-21-19(22-13-5-4-8-15-6-2-3-7-15)23-14-16-9-11-17(12-10-16)18(20)24/h9-12,15H,2-8,13-14H2,1H3,(H2,20,24)(H2,21,22,23). The number of carbonyl (C=O) groups excluding carboxylic acids is 1. The van der Waals surface area contributed by atoms with Gasteiger partial charge in [-0.25, -0.2) is 0 Å². The van der Waals surface area contributed by atoms with Gasteiger partial charge in [0.2, 0.25) is 5.91 Å². The molecule has 0 aliphatic heterocycles. The maximum atomic E-state index is 11.1. The molecule has 1 aromatic carbocycles. The second kappa shape index (κ2) is 9.96. The average Bonchev–Trinajstić information content (AvgIpc) is 3.11. The summed E-state index contributed by atoms with van der Waals surface area (Å²) in [7, 11) is 1.78. The zero-order chi connectivity index (χ0) is 17.2. The van der Waals surface area contributed by atoms with Crippen LogP contribution in [-0.2, 0) is 6.54 Å². The molecule has 5 heteroatoms. The molecule has 1 aliphatic rings. The third-order valence-electron chi connectivity index (χ3n) is 4.73. The fourth-order valence-electron chi connectivity index (χ4n) is 3.26. The Bertz CT molecular complexity index is 533. The van der Waals surface area contributed by atoms with Crippen LogP contribution in [0.3, 0.4) is 0 Å². The molecule has 0 saturated heterocycles. The number of amides is 1. The zero-order valence-corrected chi connectivity index (χ0v) is 14.7. The number of hydrogen-bond donors (Lipinski definition) is 3. The Labute approximate surface area is 145 Å². The topological polar surface area (TPSA) is 79.5 Å². The smallest absolute Gasteiger partial charge is 0.248 e. The number of nitrogens with zero attached hydrogens (tertiary/aromatic N) is 1. The lowest BCUT2D eigenvalue weighted by atomic mass is 10.0. The van der Waals surface area contributed by atoms with E-state index in [-0.39, 0.29) is 0 Å². The maximum Gasteiger partial charge on any atom is 0.248 e. The van der Waals surface area contributed by atoms with E-state index in [2.05, 4.69) is 15.6 Å². The summed E-state index contributed by atoms with van der Waals surface area (Å²) >= 11 is 0. The van der Waals surface area contributed by atoms with Crippen LogP contribution in [0.15, 0.2) is 29.3 Å². The molecule has 2 rings (SSSR count). The Balaban J connectivity index is 1.62. The van der Waals surface area contributed by atoms with E-state index in [1.54, 1.807) is 19.2 Å². The monoisotopic (exact) mass is 330 g/mol. The molecule has 132 valence electrons. The normalized spacial score (nSPS) is 15.5. The number of rotatable bonds is 8. The second-order valence-electron chi connectivity index (χ2n) is 6.56. The van der Waals surface area contributed by atoms with Crippen LogP contribution in [0.4, 0.5) is 0 Å². The first kappa shape index (κ1) is 18.3. The van der Waals surface area contributed by atoms with E-state index >= 15 is 0 Å². The van der Waals surface area contributed by atoms with Gasteiger partial charge >= 0.3 is 0 Å². The quantitative estimate of drug-likeness (QED) is 0.389. The highest BCUT2D eigenvalue weighted by Crippen LogP contribution is 2.28. The van der Waals surface area contributed by atoms with Crippen LogP contribution < -0.4 is 16.4 Å². The first-order valence-electron chi connectivity index (χ1n) is 9.02. The van der Waals surface area contributed by atoms with E-state index < -0.39 is 5.91 Å². The minimum Gasteiger partial charge on any atom is -0.366 e. The van der Waals surface area contributed by atoms with Crippen molar-refractivity contribution in [1.82, 2.24) is 10.6 Å². The Kier molecular flexibility index (Phi) is 7.59. The van der Waals surface area contributed by atoms with Crippen LogP contribution in [-0.4, -0.2) is 25.5 Å². The predicted molar refractivity (Wildman–Crippen MR) is 99.0 cm³/mol. The van der Waals surface area contributed by atoms with Crippen LogP contribution in [0.1, 0.15) is 60.9 Å². The lowest BCUT2D eigenvalue weighted by molar-refractivity contribution is 0.100. The summed E-state index contributed by atoms with van der Waals surface area (Å²) in [6, 6.07) is 7.31. The lowest BCUT2D eigenvalue weighted by Crippen LogP contribution is -2.37. The zero-order valence-electron chi connectivity index (χ0n) is 14.7. The van der Waals surface area contributed by atoms with Gasteiger partial charge in [-0.3, -0.25) is 9.79 Å². The summed E-state index contributed by atoms with van der Waals surface area (Å²) in [5, 5.41) is 6.65. The molecular formula is C19H30N4O. The van der Waals surface area contributed by atoms with Gasteiger partial charge in [0, 0.05) is 25.7 Å². The van der Waals surface area contributed by atoms with Crippen LogP contribution >= 0.6 is 0 Å². The number of hydrogen-bond acceptors (Lipinski definition) is 2. The Morgan fingerprint density at radius 1 is 1.17 bits per heavy atom. The van der Waals surface area contributed by atoms with Crippen molar-refractivity contribution < 1.29 is 4.79 Å². The molecule has 0 unspecified atom stereocenters. The highest BCUT2D eigenvalue weighted by Gasteiger charge is 2.13. The summed E-state index contributed by atoms with van der Waals surface area (Å²) < 4.78 is 0.